The number of imidazole rings is 1. The van der Waals surface area contributed by atoms with Gasteiger partial charge in [-0.1, -0.05) is 26.0 Å². The van der Waals surface area contributed by atoms with Crippen molar-refractivity contribution in [3.8, 4) is 0 Å². The number of hydrogen-bond donors (Lipinski definition) is 2. The van der Waals surface area contributed by atoms with Gasteiger partial charge in [0.1, 0.15) is 11.4 Å². The number of aromatic nitrogens is 2. The van der Waals surface area contributed by atoms with E-state index in [1.807, 2.05) is 18.2 Å². The highest BCUT2D eigenvalue weighted by molar-refractivity contribution is 5.79. The number of likely N-dealkylation sites (tertiary alicyclic amines) is 1. The molecule has 1 atom stereocenters. The molecule has 3 rings (SSSR count). The second-order valence-corrected chi connectivity index (χ2v) is 6.94. The number of carboxylic acids is 1. The number of nitrogens with two attached hydrogens (primary N) is 1. The van der Waals surface area contributed by atoms with Crippen LogP contribution in [0.1, 0.15) is 26.1 Å². The van der Waals surface area contributed by atoms with Crippen LogP contribution < -0.4 is 5.73 Å². The Kier molecular flexibility index (Phi) is 4.12. The lowest BCUT2D eigenvalue weighted by atomic mass is 10.0. The van der Waals surface area contributed by atoms with Gasteiger partial charge in [-0.25, -0.2) is 4.98 Å². The van der Waals surface area contributed by atoms with E-state index < -0.39 is 11.5 Å². The van der Waals surface area contributed by atoms with Gasteiger partial charge in [-0.05, 0) is 24.5 Å². The van der Waals surface area contributed by atoms with Gasteiger partial charge in [0.25, 0.3) is 0 Å². The Hall–Kier alpha value is -1.92. The number of fused-ring (bicyclic) bond motifs is 1. The summed E-state index contributed by atoms with van der Waals surface area (Å²) in [5.41, 5.74) is 6.96. The Bertz CT molecular complexity index is 724. The summed E-state index contributed by atoms with van der Waals surface area (Å²) in [6, 6.07) is 8.12. The van der Waals surface area contributed by atoms with Crippen LogP contribution in [0.2, 0.25) is 0 Å². The van der Waals surface area contributed by atoms with Gasteiger partial charge in [0, 0.05) is 19.6 Å². The highest BCUT2D eigenvalue weighted by Gasteiger charge is 2.41. The van der Waals surface area contributed by atoms with Crippen molar-refractivity contribution in [2.45, 2.75) is 38.9 Å². The van der Waals surface area contributed by atoms with Crippen LogP contribution in [-0.4, -0.2) is 44.2 Å². The summed E-state index contributed by atoms with van der Waals surface area (Å²) >= 11 is 0. The van der Waals surface area contributed by atoms with Crippen molar-refractivity contribution in [3.63, 3.8) is 0 Å². The van der Waals surface area contributed by atoms with Crippen LogP contribution in [0.5, 0.6) is 0 Å². The van der Waals surface area contributed by atoms with Crippen LogP contribution >= 0.6 is 0 Å². The number of benzene rings is 1. The molecule has 2 heterocycles. The van der Waals surface area contributed by atoms with E-state index in [0.29, 0.717) is 32.0 Å². The van der Waals surface area contributed by atoms with Crippen LogP contribution in [0.4, 0.5) is 0 Å². The molecule has 1 aromatic heterocycles. The van der Waals surface area contributed by atoms with Crippen molar-refractivity contribution in [1.29, 1.82) is 0 Å². The van der Waals surface area contributed by atoms with E-state index in [9.17, 15) is 9.90 Å². The highest BCUT2D eigenvalue weighted by Crippen LogP contribution is 2.23. The van der Waals surface area contributed by atoms with Crippen LogP contribution in [0, 0.1) is 5.92 Å². The zero-order chi connectivity index (χ0) is 16.6. The minimum atomic E-state index is -1.13. The molecule has 1 aromatic carbocycles. The Morgan fingerprint density at radius 1 is 1.43 bits per heavy atom. The maximum Gasteiger partial charge on any atom is 0.325 e. The topological polar surface area (TPSA) is 84.4 Å². The second-order valence-electron chi connectivity index (χ2n) is 6.94. The summed E-state index contributed by atoms with van der Waals surface area (Å²) in [6.07, 6.45) is 0.479. The van der Waals surface area contributed by atoms with E-state index in [1.165, 1.54) is 0 Å². The fourth-order valence-electron chi connectivity index (χ4n) is 3.24. The molecule has 0 saturated carbocycles. The largest absolute Gasteiger partial charge is 0.480 e. The maximum absolute atomic E-state index is 11.3. The predicted octanol–water partition coefficient (Wildman–Crippen LogP) is 1.68. The first-order valence-electron chi connectivity index (χ1n) is 8.08. The third-order valence-electron chi connectivity index (χ3n) is 4.45. The first-order valence-corrected chi connectivity index (χ1v) is 8.08. The molecule has 0 amide bonds. The summed E-state index contributed by atoms with van der Waals surface area (Å²) in [7, 11) is 0. The molecule has 23 heavy (non-hydrogen) atoms. The van der Waals surface area contributed by atoms with Crippen LogP contribution in [-0.2, 0) is 17.9 Å². The van der Waals surface area contributed by atoms with Gasteiger partial charge in [0.15, 0.2) is 0 Å². The van der Waals surface area contributed by atoms with Crippen molar-refractivity contribution in [3.05, 3.63) is 30.1 Å². The molecular formula is C17H24N4O2. The van der Waals surface area contributed by atoms with Crippen molar-refractivity contribution in [2.75, 3.05) is 13.1 Å². The van der Waals surface area contributed by atoms with E-state index in [2.05, 4.69) is 29.4 Å². The average Bonchev–Trinajstić information content (AvgIpc) is 3.02. The lowest BCUT2D eigenvalue weighted by molar-refractivity contribution is -0.142. The zero-order valence-corrected chi connectivity index (χ0v) is 13.7. The Labute approximate surface area is 135 Å². The minimum Gasteiger partial charge on any atom is -0.480 e. The maximum atomic E-state index is 11.3. The van der Waals surface area contributed by atoms with Crippen LogP contribution in [0.15, 0.2) is 24.3 Å². The molecule has 1 saturated heterocycles. The fourth-order valence-corrected chi connectivity index (χ4v) is 3.24. The van der Waals surface area contributed by atoms with Crippen molar-refractivity contribution < 1.29 is 9.90 Å². The Morgan fingerprint density at radius 2 is 2.17 bits per heavy atom. The normalized spacial score (nSPS) is 22.3. The van der Waals surface area contributed by atoms with Crippen LogP contribution in [0.3, 0.4) is 0 Å². The third kappa shape index (κ3) is 3.09. The molecule has 1 unspecified atom stereocenters. The first kappa shape index (κ1) is 16.0. The molecule has 1 aliphatic rings. The molecule has 0 radical (unpaired) electrons. The van der Waals surface area contributed by atoms with Gasteiger partial charge in [0.2, 0.25) is 0 Å². The van der Waals surface area contributed by atoms with Gasteiger partial charge >= 0.3 is 5.97 Å². The quantitative estimate of drug-likeness (QED) is 0.877. The predicted molar refractivity (Wildman–Crippen MR) is 89.0 cm³/mol. The average molecular weight is 316 g/mol. The number of aliphatic carboxylic acids is 1. The fraction of sp³-hybridized carbons (Fsp3) is 0.529. The van der Waals surface area contributed by atoms with Crippen molar-refractivity contribution >= 4 is 17.0 Å². The molecule has 124 valence electrons. The summed E-state index contributed by atoms with van der Waals surface area (Å²) in [4.78, 5) is 18.1. The Morgan fingerprint density at radius 3 is 2.83 bits per heavy atom. The number of nitrogens with zero attached hydrogens (tertiary/aromatic N) is 3. The van der Waals surface area contributed by atoms with E-state index in [1.54, 1.807) is 0 Å². The number of hydrogen-bond acceptors (Lipinski definition) is 4. The van der Waals surface area contributed by atoms with Crippen molar-refractivity contribution in [2.24, 2.45) is 11.7 Å². The van der Waals surface area contributed by atoms with E-state index >= 15 is 0 Å². The standard InChI is InChI=1S/C17H24N4O2/c1-12(2)9-21-14-6-4-3-5-13(14)19-15(21)10-20-8-7-17(18,11-20)16(22)23/h3-6,12H,7-11,18H2,1-2H3,(H,22,23). The van der Waals surface area contributed by atoms with Crippen LogP contribution in [0.25, 0.3) is 11.0 Å². The van der Waals surface area contributed by atoms with Gasteiger partial charge in [-0.2, -0.15) is 0 Å². The summed E-state index contributed by atoms with van der Waals surface area (Å²) < 4.78 is 2.25. The summed E-state index contributed by atoms with van der Waals surface area (Å²) in [6.45, 7) is 6.96. The molecule has 6 heteroatoms. The minimum absolute atomic E-state index is 0.368. The SMILES string of the molecule is CC(C)Cn1c(CN2CCC(N)(C(=O)O)C2)nc2ccccc21. The van der Waals surface area contributed by atoms with Crippen molar-refractivity contribution in [1.82, 2.24) is 14.5 Å². The molecule has 0 spiro atoms. The van der Waals surface area contributed by atoms with E-state index in [0.717, 1.165) is 23.4 Å². The molecule has 1 aliphatic heterocycles. The van der Waals surface area contributed by atoms with E-state index in [-0.39, 0.29) is 0 Å². The molecular weight excluding hydrogens is 292 g/mol. The van der Waals surface area contributed by atoms with Gasteiger partial charge in [0.05, 0.1) is 17.6 Å². The Balaban J connectivity index is 1.87. The second kappa shape index (κ2) is 5.94. The molecule has 6 nitrogen and oxygen atoms in total. The van der Waals surface area contributed by atoms with Gasteiger partial charge in [-0.3, -0.25) is 9.69 Å². The van der Waals surface area contributed by atoms with Gasteiger partial charge < -0.3 is 15.4 Å². The number of carbonyl (C=O) groups is 1. The number of carboxylic acid groups (broad SMARTS) is 1. The molecule has 3 N–H and O–H groups in total. The number of rotatable bonds is 5. The summed E-state index contributed by atoms with van der Waals surface area (Å²) in [5, 5.41) is 9.27. The zero-order valence-electron chi connectivity index (χ0n) is 13.7. The van der Waals surface area contributed by atoms with E-state index in [4.69, 9.17) is 10.7 Å². The highest BCUT2D eigenvalue weighted by atomic mass is 16.4. The van der Waals surface area contributed by atoms with Gasteiger partial charge in [-0.15, -0.1) is 0 Å². The smallest absolute Gasteiger partial charge is 0.325 e. The molecule has 0 aliphatic carbocycles. The lowest BCUT2D eigenvalue weighted by Gasteiger charge is -2.20. The monoisotopic (exact) mass is 316 g/mol. The summed E-state index contributed by atoms with van der Waals surface area (Å²) in [5.74, 6) is 0.572. The molecule has 1 fully saturated rings. The molecule has 0 bridgehead atoms. The molecule has 2 aromatic rings. The number of para-hydroxylation sites is 2. The third-order valence-corrected chi connectivity index (χ3v) is 4.45. The lowest BCUT2D eigenvalue weighted by Crippen LogP contribution is -2.50. The first-order chi connectivity index (χ1) is 10.9.